The first kappa shape index (κ1) is 13.8. The Balaban J connectivity index is 1.72. The fraction of sp³-hybridized carbons (Fsp3) is 0.786. The molecule has 102 valence electrons. The zero-order chi connectivity index (χ0) is 13.0. The molecule has 0 unspecified atom stereocenters. The van der Waals surface area contributed by atoms with E-state index in [9.17, 15) is 4.21 Å². The van der Waals surface area contributed by atoms with Crippen molar-refractivity contribution in [2.75, 3.05) is 5.75 Å². The van der Waals surface area contributed by atoms with Gasteiger partial charge in [-0.3, -0.25) is 4.21 Å². The molecule has 1 aromatic rings. The Labute approximate surface area is 112 Å². The third kappa shape index (κ3) is 4.23. The van der Waals surface area contributed by atoms with Crippen LogP contribution >= 0.6 is 0 Å². The van der Waals surface area contributed by atoms with E-state index in [1.807, 2.05) is 0 Å². The number of nitrogens with zero attached hydrogens (tertiary/aromatic N) is 1. The number of rotatable bonds is 5. The molecule has 0 radical (unpaired) electrons. The average molecular weight is 269 g/mol. The van der Waals surface area contributed by atoms with Gasteiger partial charge in [0, 0.05) is 22.6 Å². The van der Waals surface area contributed by atoms with Gasteiger partial charge in [0.1, 0.15) is 6.26 Å². The molecule has 0 aliphatic heterocycles. The lowest BCUT2D eigenvalue weighted by Gasteiger charge is -2.31. The van der Waals surface area contributed by atoms with Crippen molar-refractivity contribution in [3.05, 3.63) is 18.0 Å². The molecule has 18 heavy (non-hydrogen) atoms. The number of aromatic nitrogens is 1. The Morgan fingerprint density at radius 2 is 2.06 bits per heavy atom. The highest BCUT2D eigenvalue weighted by atomic mass is 32.2. The van der Waals surface area contributed by atoms with Crippen molar-refractivity contribution in [2.45, 2.75) is 45.3 Å². The predicted octanol–water partition coefficient (Wildman–Crippen LogP) is 3.39. The lowest BCUT2D eigenvalue weighted by atomic mass is 9.76. The zero-order valence-electron chi connectivity index (χ0n) is 11.3. The van der Waals surface area contributed by atoms with E-state index >= 15 is 0 Å². The normalized spacial score (nSPS) is 30.2. The molecule has 0 amide bonds. The van der Waals surface area contributed by atoms with Gasteiger partial charge >= 0.3 is 0 Å². The maximum Gasteiger partial charge on any atom is 0.124 e. The summed E-state index contributed by atoms with van der Waals surface area (Å²) in [5, 5.41) is 3.81. The van der Waals surface area contributed by atoms with Gasteiger partial charge in [0.25, 0.3) is 0 Å². The second kappa shape index (κ2) is 6.50. The van der Waals surface area contributed by atoms with E-state index in [4.69, 9.17) is 4.52 Å². The summed E-state index contributed by atoms with van der Waals surface area (Å²) in [7, 11) is -0.796. The van der Waals surface area contributed by atoms with Crippen LogP contribution in [0.5, 0.6) is 0 Å². The summed E-state index contributed by atoms with van der Waals surface area (Å²) in [6, 6.07) is 1.79. The predicted molar refractivity (Wildman–Crippen MR) is 73.5 cm³/mol. The van der Waals surface area contributed by atoms with Crippen LogP contribution in [0.2, 0.25) is 0 Å². The molecule has 1 aliphatic rings. The maximum absolute atomic E-state index is 11.9. The summed E-state index contributed by atoms with van der Waals surface area (Å²) < 4.78 is 16.7. The molecule has 1 aliphatic carbocycles. The molecule has 0 aromatic carbocycles. The summed E-state index contributed by atoms with van der Waals surface area (Å²) in [4.78, 5) is 0. The zero-order valence-corrected chi connectivity index (χ0v) is 12.1. The Hall–Kier alpha value is -0.640. The second-order valence-electron chi connectivity index (χ2n) is 5.85. The van der Waals surface area contributed by atoms with Crippen molar-refractivity contribution < 1.29 is 8.73 Å². The first-order valence-corrected chi connectivity index (χ1v) is 8.36. The largest absolute Gasteiger partial charge is 0.364 e. The maximum atomic E-state index is 11.9. The van der Waals surface area contributed by atoms with Crippen LogP contribution in [-0.4, -0.2) is 15.1 Å². The van der Waals surface area contributed by atoms with E-state index in [0.29, 0.717) is 5.75 Å². The van der Waals surface area contributed by atoms with Crippen LogP contribution in [0.15, 0.2) is 16.9 Å². The molecule has 0 bridgehead atoms. The van der Waals surface area contributed by atoms with Gasteiger partial charge in [0.15, 0.2) is 0 Å². The number of hydrogen-bond acceptors (Lipinski definition) is 3. The first-order chi connectivity index (χ1) is 8.63. The molecule has 3 nitrogen and oxygen atoms in total. The van der Waals surface area contributed by atoms with Crippen molar-refractivity contribution in [3.8, 4) is 0 Å². The molecule has 0 N–H and O–H groups in total. The molecule has 4 heteroatoms. The highest BCUT2D eigenvalue weighted by Crippen LogP contribution is 2.34. The Bertz CT molecular complexity index is 367. The van der Waals surface area contributed by atoms with Crippen LogP contribution in [0.3, 0.4) is 0 Å². The Morgan fingerprint density at radius 1 is 1.33 bits per heavy atom. The standard InChI is InChI=1S/C14H23NO2S/c1-11-7-12(2)9-13(8-11)4-6-18(16)10-14-3-5-17-15-14/h3,5,11-13H,4,6-10H2,1-2H3/t11-,12-,18+/m1/s1. The van der Waals surface area contributed by atoms with E-state index in [1.54, 1.807) is 6.07 Å². The van der Waals surface area contributed by atoms with E-state index in [0.717, 1.165) is 35.6 Å². The summed E-state index contributed by atoms with van der Waals surface area (Å²) in [5.74, 6) is 3.78. The fourth-order valence-corrected chi connectivity index (χ4v) is 4.42. The highest BCUT2D eigenvalue weighted by molar-refractivity contribution is 7.84. The summed E-state index contributed by atoms with van der Waals surface area (Å²) in [6.45, 7) is 4.68. The minimum absolute atomic E-state index is 0.536. The molecule has 2 rings (SSSR count). The van der Waals surface area contributed by atoms with Gasteiger partial charge in [-0.15, -0.1) is 0 Å². The van der Waals surface area contributed by atoms with Gasteiger partial charge in [-0.1, -0.05) is 19.0 Å². The lowest BCUT2D eigenvalue weighted by Crippen LogP contribution is -2.21. The van der Waals surface area contributed by atoms with Gasteiger partial charge in [0.05, 0.1) is 11.4 Å². The van der Waals surface area contributed by atoms with Crippen molar-refractivity contribution >= 4 is 10.8 Å². The van der Waals surface area contributed by atoms with E-state index in [2.05, 4.69) is 19.0 Å². The third-order valence-corrected chi connectivity index (χ3v) is 5.14. The molecule has 1 aromatic heterocycles. The smallest absolute Gasteiger partial charge is 0.124 e. The van der Waals surface area contributed by atoms with Gasteiger partial charge in [-0.05, 0) is 43.4 Å². The summed E-state index contributed by atoms with van der Waals surface area (Å²) in [5.41, 5.74) is 0.804. The van der Waals surface area contributed by atoms with Gasteiger partial charge in [-0.25, -0.2) is 0 Å². The van der Waals surface area contributed by atoms with Gasteiger partial charge < -0.3 is 4.52 Å². The minimum Gasteiger partial charge on any atom is -0.364 e. The highest BCUT2D eigenvalue weighted by Gasteiger charge is 2.24. The monoisotopic (exact) mass is 269 g/mol. The fourth-order valence-electron chi connectivity index (χ4n) is 3.20. The van der Waals surface area contributed by atoms with E-state index < -0.39 is 10.8 Å². The first-order valence-electron chi connectivity index (χ1n) is 6.87. The lowest BCUT2D eigenvalue weighted by molar-refractivity contribution is 0.215. The van der Waals surface area contributed by atoms with Crippen molar-refractivity contribution in [3.63, 3.8) is 0 Å². The average Bonchev–Trinajstić information content (AvgIpc) is 2.78. The summed E-state index contributed by atoms with van der Waals surface area (Å²) in [6.07, 6.45) is 6.62. The Kier molecular flexibility index (Phi) is 4.98. The van der Waals surface area contributed by atoms with Gasteiger partial charge in [0.2, 0.25) is 0 Å². The van der Waals surface area contributed by atoms with Crippen molar-refractivity contribution in [1.82, 2.24) is 5.16 Å². The van der Waals surface area contributed by atoms with Crippen LogP contribution < -0.4 is 0 Å². The molecule has 0 spiro atoms. The number of hydrogen-bond donors (Lipinski definition) is 0. The van der Waals surface area contributed by atoms with E-state index in [1.165, 1.54) is 25.5 Å². The quantitative estimate of drug-likeness (QED) is 0.823. The molecular weight excluding hydrogens is 246 g/mol. The molecular formula is C14H23NO2S. The molecule has 0 saturated heterocycles. The van der Waals surface area contributed by atoms with Crippen molar-refractivity contribution in [1.29, 1.82) is 0 Å². The minimum atomic E-state index is -0.796. The summed E-state index contributed by atoms with van der Waals surface area (Å²) >= 11 is 0. The van der Waals surface area contributed by atoms with Crippen molar-refractivity contribution in [2.24, 2.45) is 17.8 Å². The van der Waals surface area contributed by atoms with Crippen LogP contribution in [0.1, 0.15) is 45.2 Å². The third-order valence-electron chi connectivity index (χ3n) is 3.83. The molecule has 1 saturated carbocycles. The van der Waals surface area contributed by atoms with Crippen LogP contribution in [0.4, 0.5) is 0 Å². The van der Waals surface area contributed by atoms with Crippen LogP contribution in [0.25, 0.3) is 0 Å². The molecule has 1 heterocycles. The van der Waals surface area contributed by atoms with Gasteiger partial charge in [-0.2, -0.15) is 0 Å². The van der Waals surface area contributed by atoms with Crippen LogP contribution in [0, 0.1) is 17.8 Å². The second-order valence-corrected chi connectivity index (χ2v) is 7.43. The SMILES string of the molecule is C[C@H]1CC(CC[S@](=O)Cc2ccon2)C[C@H](C)C1. The topological polar surface area (TPSA) is 43.1 Å². The Morgan fingerprint density at radius 3 is 2.67 bits per heavy atom. The molecule has 3 atom stereocenters. The van der Waals surface area contributed by atoms with E-state index in [-0.39, 0.29) is 0 Å². The van der Waals surface area contributed by atoms with Crippen LogP contribution in [-0.2, 0) is 16.6 Å². The molecule has 1 fully saturated rings.